The lowest BCUT2D eigenvalue weighted by Crippen LogP contribution is -2.39. The summed E-state index contributed by atoms with van der Waals surface area (Å²) in [5.41, 5.74) is 1.30. The van der Waals surface area contributed by atoms with Crippen LogP contribution in [0.15, 0.2) is 30.4 Å². The van der Waals surface area contributed by atoms with E-state index < -0.39 is 11.9 Å². The zero-order chi connectivity index (χ0) is 21.4. The summed E-state index contributed by atoms with van der Waals surface area (Å²) in [6.45, 7) is 4.01. The highest BCUT2D eigenvalue weighted by Gasteiger charge is 2.30. The van der Waals surface area contributed by atoms with Gasteiger partial charge in [0.25, 0.3) is 0 Å². The minimum atomic E-state index is -1.26. The first-order chi connectivity index (χ1) is 13.8. The van der Waals surface area contributed by atoms with Crippen LogP contribution in [-0.4, -0.2) is 60.4 Å². The summed E-state index contributed by atoms with van der Waals surface area (Å²) in [7, 11) is 2.19. The van der Waals surface area contributed by atoms with Gasteiger partial charge in [0.15, 0.2) is 0 Å². The van der Waals surface area contributed by atoms with Gasteiger partial charge in [0.2, 0.25) is 0 Å². The Morgan fingerprint density at radius 2 is 1.76 bits per heavy atom. The normalized spacial score (nSPS) is 22.2. The maximum Gasteiger partial charge on any atom is 0.328 e. The fraction of sp³-hybridized carbons (Fsp3) is 0.524. The van der Waals surface area contributed by atoms with Gasteiger partial charge >= 0.3 is 11.9 Å². The smallest absolute Gasteiger partial charge is 0.328 e. The Morgan fingerprint density at radius 3 is 2.31 bits per heavy atom. The molecule has 1 saturated carbocycles. The molecule has 0 amide bonds. The number of ether oxygens (including phenoxy) is 1. The molecule has 6 nitrogen and oxygen atoms in total. The third kappa shape index (κ3) is 8.74. The fourth-order valence-electron chi connectivity index (χ4n) is 3.38. The molecule has 1 heterocycles. The average molecular weight is 444 g/mol. The Hall–Kier alpha value is -1.60. The number of rotatable bonds is 7. The average Bonchev–Trinajstić information content (AvgIpc) is 3.48. The lowest BCUT2D eigenvalue weighted by Gasteiger charge is -2.37. The lowest BCUT2D eigenvalue weighted by molar-refractivity contribution is -0.134. The van der Waals surface area contributed by atoms with Crippen molar-refractivity contribution in [1.82, 2.24) is 4.90 Å². The second kappa shape index (κ2) is 11.6. The molecule has 8 heteroatoms. The van der Waals surface area contributed by atoms with Crippen LogP contribution < -0.4 is 0 Å². The van der Waals surface area contributed by atoms with Crippen LogP contribution in [0.25, 0.3) is 0 Å². The van der Waals surface area contributed by atoms with Gasteiger partial charge in [0, 0.05) is 31.2 Å². The molecule has 0 radical (unpaired) electrons. The monoisotopic (exact) mass is 443 g/mol. The number of aliphatic carboxylic acids is 2. The predicted octanol–water partition coefficient (Wildman–Crippen LogP) is 4.17. The number of piperidine rings is 1. The number of benzene rings is 1. The number of hydrogen-bond acceptors (Lipinski definition) is 4. The Labute approximate surface area is 181 Å². The van der Waals surface area contributed by atoms with E-state index in [-0.39, 0.29) is 0 Å². The maximum atomic E-state index is 9.55. The number of hydrogen-bond donors (Lipinski definition) is 2. The van der Waals surface area contributed by atoms with Gasteiger partial charge < -0.3 is 19.8 Å². The van der Waals surface area contributed by atoms with Crippen LogP contribution in [-0.2, 0) is 14.3 Å². The van der Waals surface area contributed by atoms with E-state index in [1.165, 1.54) is 18.4 Å². The standard InChI is InChI=1S/C17H23Cl2NO.C4H4O4/c1-20-7-6-15(13-4-5-16(18)17(19)8-13)14(9-20)11-21-10-12-2-3-12;5-3(6)1-2-4(7)8/h4-5,8,12,14-15H,2-3,6-7,9-11H2,1H3;1-2H,(H,5,6)(H,7,8)/b;2-1+/t14-,15-;/m0./s1. The van der Waals surface area contributed by atoms with Gasteiger partial charge in [-0.25, -0.2) is 9.59 Å². The highest BCUT2D eigenvalue weighted by Crippen LogP contribution is 2.36. The van der Waals surface area contributed by atoms with Crippen LogP contribution in [0.3, 0.4) is 0 Å². The molecular formula is C21H27Cl2NO5. The molecule has 0 unspecified atom stereocenters. The zero-order valence-corrected chi connectivity index (χ0v) is 17.9. The van der Waals surface area contributed by atoms with Crippen LogP contribution in [0.2, 0.25) is 10.0 Å². The minimum Gasteiger partial charge on any atom is -0.478 e. The van der Waals surface area contributed by atoms with Crippen LogP contribution in [0.4, 0.5) is 0 Å². The number of likely N-dealkylation sites (tertiary alicyclic amines) is 1. The molecule has 2 N–H and O–H groups in total. The second-order valence-electron chi connectivity index (χ2n) is 7.58. The Morgan fingerprint density at radius 1 is 1.10 bits per heavy atom. The predicted molar refractivity (Wildman–Crippen MR) is 113 cm³/mol. The molecule has 0 bridgehead atoms. The first kappa shape index (κ1) is 23.7. The first-order valence-electron chi connectivity index (χ1n) is 9.61. The molecule has 2 fully saturated rings. The summed E-state index contributed by atoms with van der Waals surface area (Å²) >= 11 is 12.2. The zero-order valence-electron chi connectivity index (χ0n) is 16.4. The molecular weight excluding hydrogens is 417 g/mol. The Bertz CT molecular complexity index is 720. The molecule has 1 saturated heterocycles. The van der Waals surface area contributed by atoms with Gasteiger partial charge in [-0.2, -0.15) is 0 Å². The largest absolute Gasteiger partial charge is 0.478 e. The van der Waals surface area contributed by atoms with Crippen molar-refractivity contribution < 1.29 is 24.5 Å². The quantitative estimate of drug-likeness (QED) is 0.614. The van der Waals surface area contributed by atoms with Crippen LogP contribution in [0.5, 0.6) is 0 Å². The van der Waals surface area contributed by atoms with E-state index in [9.17, 15) is 9.59 Å². The number of halogens is 2. The molecule has 1 aliphatic carbocycles. The third-order valence-electron chi connectivity index (χ3n) is 5.06. The van der Waals surface area contributed by atoms with Gasteiger partial charge in [0.05, 0.1) is 16.7 Å². The highest BCUT2D eigenvalue weighted by molar-refractivity contribution is 6.42. The van der Waals surface area contributed by atoms with Crippen molar-refractivity contribution >= 4 is 35.1 Å². The van der Waals surface area contributed by atoms with Crippen molar-refractivity contribution in [2.75, 3.05) is 33.4 Å². The van der Waals surface area contributed by atoms with Crippen molar-refractivity contribution in [3.63, 3.8) is 0 Å². The van der Waals surface area contributed by atoms with Gasteiger partial charge in [0.1, 0.15) is 0 Å². The fourth-order valence-corrected chi connectivity index (χ4v) is 3.68. The first-order valence-corrected chi connectivity index (χ1v) is 10.4. The number of nitrogens with zero attached hydrogens (tertiary/aromatic N) is 1. The summed E-state index contributed by atoms with van der Waals surface area (Å²) in [4.78, 5) is 21.5. The summed E-state index contributed by atoms with van der Waals surface area (Å²) < 4.78 is 5.97. The van der Waals surface area contributed by atoms with Gasteiger partial charge in [-0.1, -0.05) is 29.3 Å². The molecule has 2 atom stereocenters. The molecule has 0 spiro atoms. The summed E-state index contributed by atoms with van der Waals surface area (Å²) in [5, 5.41) is 16.9. The van der Waals surface area contributed by atoms with Crippen molar-refractivity contribution in [1.29, 1.82) is 0 Å². The van der Waals surface area contributed by atoms with Crippen molar-refractivity contribution in [3.05, 3.63) is 46.0 Å². The number of carboxylic acid groups (broad SMARTS) is 2. The molecule has 2 aliphatic rings. The molecule has 0 aromatic heterocycles. The van der Waals surface area contributed by atoms with Crippen molar-refractivity contribution in [2.24, 2.45) is 11.8 Å². The lowest BCUT2D eigenvalue weighted by atomic mass is 9.81. The molecule has 1 aromatic carbocycles. The van der Waals surface area contributed by atoms with Gasteiger partial charge in [-0.15, -0.1) is 0 Å². The van der Waals surface area contributed by atoms with E-state index in [0.29, 0.717) is 34.0 Å². The second-order valence-corrected chi connectivity index (χ2v) is 8.40. The Kier molecular flexibility index (Phi) is 9.43. The van der Waals surface area contributed by atoms with Crippen LogP contribution in [0, 0.1) is 11.8 Å². The molecule has 160 valence electrons. The number of carboxylic acids is 2. The van der Waals surface area contributed by atoms with Gasteiger partial charge in [-0.3, -0.25) is 0 Å². The van der Waals surface area contributed by atoms with E-state index >= 15 is 0 Å². The van der Waals surface area contributed by atoms with Crippen LogP contribution in [0.1, 0.15) is 30.7 Å². The highest BCUT2D eigenvalue weighted by atomic mass is 35.5. The summed E-state index contributed by atoms with van der Waals surface area (Å²) in [6.07, 6.45) is 4.97. The number of carbonyl (C=O) groups is 2. The molecule has 29 heavy (non-hydrogen) atoms. The topological polar surface area (TPSA) is 87.1 Å². The van der Waals surface area contributed by atoms with E-state index in [1.54, 1.807) is 0 Å². The maximum absolute atomic E-state index is 9.55. The third-order valence-corrected chi connectivity index (χ3v) is 5.80. The summed E-state index contributed by atoms with van der Waals surface area (Å²) in [6, 6.07) is 6.07. The molecule has 3 rings (SSSR count). The summed E-state index contributed by atoms with van der Waals surface area (Å²) in [5.74, 6) is -0.621. The van der Waals surface area contributed by atoms with Crippen molar-refractivity contribution in [2.45, 2.75) is 25.2 Å². The molecule has 1 aromatic rings. The van der Waals surface area contributed by atoms with Crippen LogP contribution >= 0.6 is 23.2 Å². The van der Waals surface area contributed by atoms with Crippen molar-refractivity contribution in [3.8, 4) is 0 Å². The van der Waals surface area contributed by atoms with Gasteiger partial charge in [-0.05, 0) is 62.4 Å². The van der Waals surface area contributed by atoms with E-state index in [0.717, 1.165) is 38.6 Å². The van der Waals surface area contributed by atoms with E-state index in [4.69, 9.17) is 38.2 Å². The SMILES string of the molecule is CN1CC[C@@H](c2ccc(Cl)c(Cl)c2)[C@H](COCC2CC2)C1.O=C(O)/C=C/C(=O)O. The minimum absolute atomic E-state index is 0.523. The Balaban J connectivity index is 0.000000321. The van der Waals surface area contributed by atoms with E-state index in [1.807, 2.05) is 12.1 Å². The van der Waals surface area contributed by atoms with E-state index in [2.05, 4.69) is 18.0 Å². The molecule has 1 aliphatic heterocycles.